The number of hydrogen-bond acceptors (Lipinski definition) is 3. The van der Waals surface area contributed by atoms with Crippen LogP contribution in [0, 0.1) is 18.6 Å². The maximum absolute atomic E-state index is 13.4. The number of rotatable bonds is 9. The molecule has 0 saturated carbocycles. The van der Waals surface area contributed by atoms with E-state index in [9.17, 15) is 23.2 Å². The lowest BCUT2D eigenvalue weighted by atomic mass is 9.91. The van der Waals surface area contributed by atoms with Crippen LogP contribution in [0.15, 0.2) is 164 Å². The number of halogens is 2. The highest BCUT2D eigenvalue weighted by Crippen LogP contribution is 2.34. The Labute approximate surface area is 294 Å². The Balaban J connectivity index is 1.23. The fourth-order valence-corrected chi connectivity index (χ4v) is 5.98. The summed E-state index contributed by atoms with van der Waals surface area (Å²) in [7, 11) is 0. The normalized spacial score (nSPS) is 10.9. The van der Waals surface area contributed by atoms with E-state index in [0.29, 0.717) is 33.4 Å². The van der Waals surface area contributed by atoms with Crippen molar-refractivity contribution in [2.24, 2.45) is 0 Å². The van der Waals surface area contributed by atoms with Crippen LogP contribution in [0.25, 0.3) is 33.4 Å². The molecule has 0 aliphatic carbocycles. The third-order valence-electron chi connectivity index (χ3n) is 8.90. The summed E-state index contributed by atoms with van der Waals surface area (Å²) in [6, 6.07) is 46.7. The van der Waals surface area contributed by atoms with Gasteiger partial charge >= 0.3 is 0 Å². The van der Waals surface area contributed by atoms with Gasteiger partial charge in [0.1, 0.15) is 11.6 Å². The zero-order chi connectivity index (χ0) is 35.5. The van der Waals surface area contributed by atoms with Crippen LogP contribution in [0.2, 0.25) is 0 Å². The number of benzene rings is 7. The molecule has 0 aliphatic rings. The Hall–Kier alpha value is -6.59. The van der Waals surface area contributed by atoms with Crippen molar-refractivity contribution in [3.8, 4) is 33.4 Å². The summed E-state index contributed by atoms with van der Waals surface area (Å²) in [5, 5.41) is 0. The number of carbonyl (C=O) groups excluding carboxylic acids is 3. The van der Waals surface area contributed by atoms with E-state index in [0.717, 1.165) is 38.9 Å². The summed E-state index contributed by atoms with van der Waals surface area (Å²) in [5.41, 5.74) is 9.44. The second-order valence-electron chi connectivity index (χ2n) is 12.4. The van der Waals surface area contributed by atoms with Crippen LogP contribution in [0.4, 0.5) is 8.78 Å². The van der Waals surface area contributed by atoms with Crippen molar-refractivity contribution < 1.29 is 23.2 Å². The van der Waals surface area contributed by atoms with Crippen LogP contribution < -0.4 is 0 Å². The summed E-state index contributed by atoms with van der Waals surface area (Å²) in [4.78, 5) is 39.3. The van der Waals surface area contributed by atoms with E-state index in [2.05, 4.69) is 12.1 Å². The second kappa shape index (κ2) is 14.1. The molecule has 0 aromatic heterocycles. The molecule has 0 spiro atoms. The van der Waals surface area contributed by atoms with Crippen molar-refractivity contribution in [2.45, 2.75) is 6.92 Å². The summed E-state index contributed by atoms with van der Waals surface area (Å²) < 4.78 is 26.9. The largest absolute Gasteiger partial charge is 0.289 e. The molecule has 0 unspecified atom stereocenters. The number of aryl methyl sites for hydroxylation is 1. The zero-order valence-electron chi connectivity index (χ0n) is 27.6. The van der Waals surface area contributed by atoms with Gasteiger partial charge in [-0.25, -0.2) is 8.78 Å². The van der Waals surface area contributed by atoms with Crippen molar-refractivity contribution in [3.63, 3.8) is 0 Å². The summed E-state index contributed by atoms with van der Waals surface area (Å²) in [6.07, 6.45) is 0. The predicted octanol–water partition coefficient (Wildman–Crippen LogP) is 11.0. The molecular weight excluding hydrogens is 638 g/mol. The molecule has 0 saturated heterocycles. The standard InChI is InChI=1S/C46H30F2O3/c1-29-2-4-33(5-3-29)44(49)34-12-6-30(7-13-34)39-26-40(31-8-14-35(15-9-31)45(50)37-18-22-42(47)23-19-37)28-41(27-39)32-10-16-36(17-11-32)46(51)38-20-24-43(48)25-21-38/h2-28H,1H3. The topological polar surface area (TPSA) is 51.2 Å². The molecule has 0 bridgehead atoms. The van der Waals surface area contributed by atoms with E-state index in [1.807, 2.05) is 85.8 Å². The predicted molar refractivity (Wildman–Crippen MR) is 197 cm³/mol. The molecule has 7 rings (SSSR count). The van der Waals surface area contributed by atoms with E-state index in [1.54, 1.807) is 24.3 Å². The fourth-order valence-electron chi connectivity index (χ4n) is 5.98. The molecule has 0 aliphatic heterocycles. The Morgan fingerprint density at radius 1 is 0.314 bits per heavy atom. The molecule has 3 nitrogen and oxygen atoms in total. The molecule has 0 radical (unpaired) electrons. The van der Waals surface area contributed by atoms with E-state index >= 15 is 0 Å². The van der Waals surface area contributed by atoms with E-state index < -0.39 is 11.6 Å². The van der Waals surface area contributed by atoms with Crippen LogP contribution in [-0.2, 0) is 0 Å². The van der Waals surface area contributed by atoms with Gasteiger partial charge in [-0.05, 0) is 107 Å². The molecule has 0 fully saturated rings. The Morgan fingerprint density at radius 2 is 0.529 bits per heavy atom. The molecule has 0 atom stereocenters. The van der Waals surface area contributed by atoms with Gasteiger partial charge in [0, 0.05) is 33.4 Å². The molecule has 0 heterocycles. The minimum Gasteiger partial charge on any atom is -0.289 e. The lowest BCUT2D eigenvalue weighted by molar-refractivity contribution is 0.103. The summed E-state index contributed by atoms with van der Waals surface area (Å²) in [6.45, 7) is 1.98. The molecule has 7 aromatic rings. The fraction of sp³-hybridized carbons (Fsp3) is 0.0217. The maximum Gasteiger partial charge on any atom is 0.193 e. The van der Waals surface area contributed by atoms with Gasteiger partial charge in [-0.15, -0.1) is 0 Å². The third-order valence-corrected chi connectivity index (χ3v) is 8.90. The highest BCUT2D eigenvalue weighted by Gasteiger charge is 2.14. The first kappa shape index (κ1) is 32.9. The van der Waals surface area contributed by atoms with Gasteiger partial charge in [-0.1, -0.05) is 103 Å². The van der Waals surface area contributed by atoms with Crippen LogP contribution in [0.1, 0.15) is 53.3 Å². The molecule has 246 valence electrons. The van der Waals surface area contributed by atoms with Crippen molar-refractivity contribution >= 4 is 17.3 Å². The van der Waals surface area contributed by atoms with E-state index in [4.69, 9.17) is 0 Å². The molecule has 5 heteroatoms. The van der Waals surface area contributed by atoms with Crippen molar-refractivity contribution in [1.82, 2.24) is 0 Å². The van der Waals surface area contributed by atoms with Crippen LogP contribution in [-0.4, -0.2) is 17.3 Å². The van der Waals surface area contributed by atoms with E-state index in [1.165, 1.54) is 48.5 Å². The Kier molecular flexibility index (Phi) is 9.11. The van der Waals surface area contributed by atoms with Gasteiger partial charge in [0.25, 0.3) is 0 Å². The smallest absolute Gasteiger partial charge is 0.193 e. The SMILES string of the molecule is Cc1ccc(C(=O)c2ccc(-c3cc(-c4ccc(C(=O)c5ccc(F)cc5)cc4)cc(-c4ccc(C(=O)c5ccc(F)cc5)cc4)c3)cc2)cc1. The monoisotopic (exact) mass is 668 g/mol. The lowest BCUT2D eigenvalue weighted by Gasteiger charge is -2.13. The third kappa shape index (κ3) is 7.24. The van der Waals surface area contributed by atoms with Crippen molar-refractivity contribution in [3.05, 3.63) is 214 Å². The molecular formula is C46H30F2O3. The number of ketones is 3. The quantitative estimate of drug-likeness (QED) is 0.144. The van der Waals surface area contributed by atoms with Crippen LogP contribution in [0.3, 0.4) is 0 Å². The second-order valence-corrected chi connectivity index (χ2v) is 12.4. The van der Waals surface area contributed by atoms with Crippen molar-refractivity contribution in [1.29, 1.82) is 0 Å². The van der Waals surface area contributed by atoms with Gasteiger partial charge in [0.15, 0.2) is 17.3 Å². The highest BCUT2D eigenvalue weighted by atomic mass is 19.1. The highest BCUT2D eigenvalue weighted by molar-refractivity contribution is 6.10. The Morgan fingerprint density at radius 3 is 0.784 bits per heavy atom. The van der Waals surface area contributed by atoms with Gasteiger partial charge in [0.2, 0.25) is 0 Å². The first-order chi connectivity index (χ1) is 24.7. The first-order valence-corrected chi connectivity index (χ1v) is 16.4. The average molecular weight is 669 g/mol. The summed E-state index contributed by atoms with van der Waals surface area (Å²) in [5.74, 6) is -1.27. The van der Waals surface area contributed by atoms with Crippen molar-refractivity contribution in [2.75, 3.05) is 0 Å². The number of hydrogen-bond donors (Lipinski definition) is 0. The molecule has 0 amide bonds. The van der Waals surface area contributed by atoms with Gasteiger partial charge in [-0.2, -0.15) is 0 Å². The summed E-state index contributed by atoms with van der Waals surface area (Å²) >= 11 is 0. The van der Waals surface area contributed by atoms with Crippen LogP contribution >= 0.6 is 0 Å². The minimum atomic E-state index is -0.404. The maximum atomic E-state index is 13.4. The zero-order valence-corrected chi connectivity index (χ0v) is 27.6. The molecule has 7 aromatic carbocycles. The average Bonchev–Trinajstić information content (AvgIpc) is 3.18. The first-order valence-electron chi connectivity index (χ1n) is 16.4. The van der Waals surface area contributed by atoms with Gasteiger partial charge in [-0.3, -0.25) is 14.4 Å². The van der Waals surface area contributed by atoms with E-state index in [-0.39, 0.29) is 17.3 Å². The van der Waals surface area contributed by atoms with Gasteiger partial charge < -0.3 is 0 Å². The van der Waals surface area contributed by atoms with Gasteiger partial charge in [0.05, 0.1) is 0 Å². The van der Waals surface area contributed by atoms with Crippen LogP contribution in [0.5, 0.6) is 0 Å². The molecule has 0 N–H and O–H groups in total. The number of carbonyl (C=O) groups is 3. The molecule has 51 heavy (non-hydrogen) atoms. The lowest BCUT2D eigenvalue weighted by Crippen LogP contribution is -2.01. The Bertz CT molecular complexity index is 2090. The minimum absolute atomic E-state index is 0.0541.